The molecule has 1 aliphatic heterocycles. The van der Waals surface area contributed by atoms with E-state index in [1.807, 2.05) is 23.3 Å². The summed E-state index contributed by atoms with van der Waals surface area (Å²) in [5.41, 5.74) is 3.19. The van der Waals surface area contributed by atoms with Gasteiger partial charge >= 0.3 is 0 Å². The molecule has 31 heavy (non-hydrogen) atoms. The Bertz CT molecular complexity index is 1110. The molecule has 1 aromatic carbocycles. The first-order chi connectivity index (χ1) is 15.0. The van der Waals surface area contributed by atoms with Gasteiger partial charge in [0.15, 0.2) is 0 Å². The highest BCUT2D eigenvalue weighted by Crippen LogP contribution is 2.27. The van der Waals surface area contributed by atoms with Gasteiger partial charge in [-0.05, 0) is 59.5 Å². The SMILES string of the molecule is Cc1c(NC(=O)CCNC(=O)c2cccs2)cccc1C(=O)N1CCc2sccc2C1. The van der Waals surface area contributed by atoms with E-state index in [4.69, 9.17) is 0 Å². The Morgan fingerprint density at radius 1 is 1.06 bits per heavy atom. The van der Waals surface area contributed by atoms with Crippen molar-refractivity contribution in [3.63, 3.8) is 0 Å². The van der Waals surface area contributed by atoms with Gasteiger partial charge in [0.2, 0.25) is 5.91 Å². The molecule has 0 unspecified atom stereocenters. The first-order valence-corrected chi connectivity index (χ1v) is 11.8. The number of nitrogens with zero attached hydrogens (tertiary/aromatic N) is 1. The Hall–Kier alpha value is -2.97. The van der Waals surface area contributed by atoms with E-state index >= 15 is 0 Å². The summed E-state index contributed by atoms with van der Waals surface area (Å²) in [6.07, 6.45) is 1.03. The van der Waals surface area contributed by atoms with E-state index in [9.17, 15) is 14.4 Å². The number of hydrogen-bond donors (Lipinski definition) is 2. The number of benzene rings is 1. The molecule has 0 fully saturated rings. The van der Waals surface area contributed by atoms with Crippen molar-refractivity contribution >= 4 is 46.1 Å². The van der Waals surface area contributed by atoms with Crippen LogP contribution in [0.2, 0.25) is 0 Å². The minimum Gasteiger partial charge on any atom is -0.351 e. The van der Waals surface area contributed by atoms with E-state index in [1.165, 1.54) is 21.8 Å². The van der Waals surface area contributed by atoms with Crippen molar-refractivity contribution in [3.8, 4) is 0 Å². The van der Waals surface area contributed by atoms with Crippen LogP contribution in [0.3, 0.4) is 0 Å². The van der Waals surface area contributed by atoms with Crippen LogP contribution in [0.4, 0.5) is 5.69 Å². The molecular formula is C23H23N3O3S2. The monoisotopic (exact) mass is 453 g/mol. The van der Waals surface area contributed by atoms with E-state index in [1.54, 1.807) is 35.6 Å². The van der Waals surface area contributed by atoms with E-state index in [-0.39, 0.29) is 30.7 Å². The predicted molar refractivity (Wildman–Crippen MR) is 124 cm³/mol. The molecule has 0 saturated heterocycles. The lowest BCUT2D eigenvalue weighted by Gasteiger charge is -2.28. The van der Waals surface area contributed by atoms with Gasteiger partial charge in [0.1, 0.15) is 0 Å². The summed E-state index contributed by atoms with van der Waals surface area (Å²) >= 11 is 3.10. The molecular weight excluding hydrogens is 430 g/mol. The van der Waals surface area contributed by atoms with E-state index in [0.29, 0.717) is 29.2 Å². The number of carbonyl (C=O) groups excluding carboxylic acids is 3. The van der Waals surface area contributed by atoms with Gasteiger partial charge in [-0.1, -0.05) is 12.1 Å². The van der Waals surface area contributed by atoms with Gasteiger partial charge in [0.25, 0.3) is 11.8 Å². The molecule has 4 rings (SSSR count). The Morgan fingerprint density at radius 2 is 1.94 bits per heavy atom. The molecule has 1 aliphatic rings. The quantitative estimate of drug-likeness (QED) is 0.590. The highest BCUT2D eigenvalue weighted by atomic mass is 32.1. The summed E-state index contributed by atoms with van der Waals surface area (Å²) in [6, 6.07) is 11.0. The van der Waals surface area contributed by atoms with Gasteiger partial charge < -0.3 is 15.5 Å². The van der Waals surface area contributed by atoms with Crippen LogP contribution < -0.4 is 10.6 Å². The molecule has 3 amide bonds. The van der Waals surface area contributed by atoms with E-state index < -0.39 is 0 Å². The van der Waals surface area contributed by atoms with Crippen molar-refractivity contribution in [3.05, 3.63) is 73.6 Å². The Kier molecular flexibility index (Phi) is 6.48. The lowest BCUT2D eigenvalue weighted by molar-refractivity contribution is -0.116. The summed E-state index contributed by atoms with van der Waals surface area (Å²) in [4.78, 5) is 41.3. The molecule has 0 saturated carbocycles. The average Bonchev–Trinajstić information content (AvgIpc) is 3.46. The van der Waals surface area contributed by atoms with Crippen molar-refractivity contribution in [1.29, 1.82) is 0 Å². The van der Waals surface area contributed by atoms with Gasteiger partial charge in [-0.3, -0.25) is 14.4 Å². The fourth-order valence-electron chi connectivity index (χ4n) is 3.59. The maximum absolute atomic E-state index is 13.1. The van der Waals surface area contributed by atoms with Crippen LogP contribution in [0.25, 0.3) is 0 Å². The maximum Gasteiger partial charge on any atom is 0.261 e. The molecule has 0 aliphatic carbocycles. The fraction of sp³-hybridized carbons (Fsp3) is 0.261. The highest BCUT2D eigenvalue weighted by molar-refractivity contribution is 7.12. The zero-order valence-corrected chi connectivity index (χ0v) is 18.8. The van der Waals surface area contributed by atoms with Gasteiger partial charge in [-0.15, -0.1) is 22.7 Å². The minimum absolute atomic E-state index is 0.0198. The maximum atomic E-state index is 13.1. The number of fused-ring (bicyclic) bond motifs is 1. The van der Waals surface area contributed by atoms with E-state index in [2.05, 4.69) is 22.1 Å². The summed E-state index contributed by atoms with van der Waals surface area (Å²) in [6.45, 7) is 3.42. The third-order valence-corrected chi connectivity index (χ3v) is 7.21. The van der Waals surface area contributed by atoms with Crippen LogP contribution in [0.15, 0.2) is 47.2 Å². The number of amides is 3. The summed E-state index contributed by atoms with van der Waals surface area (Å²) in [7, 11) is 0. The Morgan fingerprint density at radius 3 is 2.74 bits per heavy atom. The van der Waals surface area contributed by atoms with Crippen LogP contribution in [0.5, 0.6) is 0 Å². The molecule has 2 N–H and O–H groups in total. The zero-order chi connectivity index (χ0) is 21.8. The van der Waals surface area contributed by atoms with Gasteiger partial charge in [0.05, 0.1) is 4.88 Å². The number of rotatable bonds is 6. The molecule has 6 nitrogen and oxygen atoms in total. The third kappa shape index (κ3) is 4.86. The third-order valence-electron chi connectivity index (χ3n) is 5.32. The minimum atomic E-state index is -0.208. The molecule has 3 aromatic rings. The molecule has 0 bridgehead atoms. The summed E-state index contributed by atoms with van der Waals surface area (Å²) < 4.78 is 0. The van der Waals surface area contributed by atoms with Crippen molar-refractivity contribution in [2.24, 2.45) is 0 Å². The van der Waals surface area contributed by atoms with Gasteiger partial charge in [-0.2, -0.15) is 0 Å². The molecule has 3 heterocycles. The second-order valence-electron chi connectivity index (χ2n) is 7.36. The smallest absolute Gasteiger partial charge is 0.261 e. The largest absolute Gasteiger partial charge is 0.351 e. The summed E-state index contributed by atoms with van der Waals surface area (Å²) in [5, 5.41) is 9.52. The standard InChI is InChI=1S/C23H23N3O3S2/c1-15-17(23(29)26-11-8-19-16(14-26)9-13-31-19)4-2-5-18(15)25-21(27)7-10-24-22(28)20-6-3-12-30-20/h2-6,9,12-13H,7-8,10-11,14H2,1H3,(H,24,28)(H,25,27). The molecule has 0 spiro atoms. The number of nitrogens with one attached hydrogen (secondary N) is 2. The molecule has 0 radical (unpaired) electrons. The number of carbonyl (C=O) groups is 3. The first kappa shape index (κ1) is 21.3. The highest BCUT2D eigenvalue weighted by Gasteiger charge is 2.24. The van der Waals surface area contributed by atoms with Gasteiger partial charge in [0, 0.05) is 42.2 Å². The first-order valence-electron chi connectivity index (χ1n) is 10.1. The van der Waals surface area contributed by atoms with Crippen LogP contribution in [0, 0.1) is 6.92 Å². The predicted octanol–water partition coefficient (Wildman–Crippen LogP) is 4.08. The average molecular weight is 454 g/mol. The number of hydrogen-bond acceptors (Lipinski definition) is 5. The van der Waals surface area contributed by atoms with Crippen molar-refractivity contribution in [2.75, 3.05) is 18.4 Å². The number of anilines is 1. The van der Waals surface area contributed by atoms with E-state index in [0.717, 1.165) is 12.0 Å². The molecule has 8 heteroatoms. The molecule has 0 atom stereocenters. The van der Waals surface area contributed by atoms with Crippen LogP contribution in [-0.2, 0) is 17.8 Å². The molecule has 2 aromatic heterocycles. The lowest BCUT2D eigenvalue weighted by Crippen LogP contribution is -2.35. The van der Waals surface area contributed by atoms with Crippen molar-refractivity contribution < 1.29 is 14.4 Å². The van der Waals surface area contributed by atoms with Crippen LogP contribution >= 0.6 is 22.7 Å². The Balaban J connectivity index is 1.35. The Labute approximate surface area is 188 Å². The van der Waals surface area contributed by atoms with Crippen LogP contribution in [0.1, 0.15) is 42.5 Å². The number of thiophene rings is 2. The van der Waals surface area contributed by atoms with Crippen LogP contribution in [-0.4, -0.2) is 35.7 Å². The van der Waals surface area contributed by atoms with Gasteiger partial charge in [-0.25, -0.2) is 0 Å². The second-order valence-corrected chi connectivity index (χ2v) is 9.30. The lowest BCUT2D eigenvalue weighted by atomic mass is 10.0. The zero-order valence-electron chi connectivity index (χ0n) is 17.1. The fourth-order valence-corrected chi connectivity index (χ4v) is 5.12. The second kappa shape index (κ2) is 9.45. The molecule has 160 valence electrons. The summed E-state index contributed by atoms with van der Waals surface area (Å²) in [5.74, 6) is -0.407. The van der Waals surface area contributed by atoms with Crippen molar-refractivity contribution in [1.82, 2.24) is 10.2 Å². The topological polar surface area (TPSA) is 78.5 Å². The normalized spacial score (nSPS) is 12.9. The van der Waals surface area contributed by atoms with Crippen molar-refractivity contribution in [2.45, 2.75) is 26.3 Å².